The largest absolute Gasteiger partial charge is 0.477 e. The van der Waals surface area contributed by atoms with Crippen LogP contribution >= 0.6 is 23.5 Å². The van der Waals surface area contributed by atoms with Gasteiger partial charge in [0.25, 0.3) is 0 Å². The number of carbonyl (C=O) groups is 3. The Morgan fingerprint density at radius 3 is 2.76 bits per heavy atom. The molecule has 29 heavy (non-hydrogen) atoms. The van der Waals surface area contributed by atoms with Crippen molar-refractivity contribution in [1.82, 2.24) is 4.90 Å². The average molecular weight is 429 g/mol. The quantitative estimate of drug-likeness (QED) is 0.505. The number of amides is 1. The number of carboxylic acids is 1. The molecule has 1 fully saturated rings. The van der Waals surface area contributed by atoms with Gasteiger partial charge in [-0.05, 0) is 23.3 Å². The zero-order valence-corrected chi connectivity index (χ0v) is 17.2. The van der Waals surface area contributed by atoms with Crippen LogP contribution in [0, 0.1) is 5.92 Å². The van der Waals surface area contributed by atoms with Gasteiger partial charge >= 0.3 is 5.97 Å². The summed E-state index contributed by atoms with van der Waals surface area (Å²) in [6.45, 7) is 0. The Labute approximate surface area is 177 Å². The Morgan fingerprint density at radius 1 is 1.28 bits per heavy atom. The number of thioether (sulfide) groups is 2. The Hall–Kier alpha value is -2.32. The molecule has 3 aliphatic rings. The lowest BCUT2D eigenvalue weighted by Gasteiger charge is -2.49. The fourth-order valence-electron chi connectivity index (χ4n) is 3.69. The summed E-state index contributed by atoms with van der Waals surface area (Å²) >= 11 is 3.11. The zero-order valence-electron chi connectivity index (χ0n) is 15.6. The Balaban J connectivity index is 1.43. The van der Waals surface area contributed by atoms with Crippen LogP contribution in [0.25, 0.3) is 0 Å². The molecule has 1 N–H and O–H groups in total. The van der Waals surface area contributed by atoms with Gasteiger partial charge in [0.2, 0.25) is 5.91 Å². The first-order valence-corrected chi connectivity index (χ1v) is 11.4. The number of carbonyl (C=O) groups excluding carboxylic acids is 2. The van der Waals surface area contributed by atoms with Gasteiger partial charge in [-0.3, -0.25) is 19.5 Å². The second-order valence-electron chi connectivity index (χ2n) is 7.12. The van der Waals surface area contributed by atoms with Crippen LogP contribution in [0.1, 0.15) is 19.3 Å². The number of aliphatic imine (C=N–C) groups is 1. The fourth-order valence-corrected chi connectivity index (χ4v) is 6.16. The van der Waals surface area contributed by atoms with E-state index >= 15 is 0 Å². The molecule has 0 spiro atoms. The number of hydrogen-bond acceptors (Lipinski definition) is 6. The minimum absolute atomic E-state index is 0.00614. The van der Waals surface area contributed by atoms with Crippen molar-refractivity contribution < 1.29 is 19.5 Å². The highest BCUT2D eigenvalue weighted by Gasteiger charge is 2.53. The van der Waals surface area contributed by atoms with Crippen molar-refractivity contribution in [2.75, 3.05) is 11.5 Å². The molecule has 2 atom stereocenters. The molecule has 1 saturated heterocycles. The maximum absolute atomic E-state index is 12.7. The SMILES string of the molecule is O=C(CC1=CN=CC1)C[C@@H]1C(=O)N2C(C(=O)O)=C(CSc3ccccc3)CSC12. The van der Waals surface area contributed by atoms with E-state index in [-0.39, 0.29) is 29.2 Å². The third kappa shape index (κ3) is 4.18. The van der Waals surface area contributed by atoms with Crippen LogP contribution in [0.2, 0.25) is 0 Å². The van der Waals surface area contributed by atoms with Gasteiger partial charge in [-0.1, -0.05) is 18.2 Å². The maximum Gasteiger partial charge on any atom is 0.352 e. The molecular formula is C21H20N2O4S2. The number of benzene rings is 1. The highest BCUT2D eigenvalue weighted by molar-refractivity contribution is 8.01. The minimum atomic E-state index is -1.08. The van der Waals surface area contributed by atoms with Gasteiger partial charge in [-0.15, -0.1) is 23.5 Å². The summed E-state index contributed by atoms with van der Waals surface area (Å²) in [5.41, 5.74) is 1.80. The van der Waals surface area contributed by atoms with Gasteiger partial charge in [-0.2, -0.15) is 0 Å². The second-order valence-corrected chi connectivity index (χ2v) is 9.27. The fraction of sp³-hybridized carbons (Fsp3) is 0.333. The number of β-lactam (4-membered cyclic amide) rings is 1. The lowest BCUT2D eigenvalue weighted by atomic mass is 9.89. The van der Waals surface area contributed by atoms with E-state index in [2.05, 4.69) is 4.99 Å². The highest BCUT2D eigenvalue weighted by Crippen LogP contribution is 2.46. The minimum Gasteiger partial charge on any atom is -0.477 e. The lowest BCUT2D eigenvalue weighted by Crippen LogP contribution is -2.61. The molecule has 0 aliphatic carbocycles. The zero-order chi connectivity index (χ0) is 20.4. The average Bonchev–Trinajstić information content (AvgIpc) is 3.23. The van der Waals surface area contributed by atoms with E-state index in [1.807, 2.05) is 30.3 Å². The van der Waals surface area contributed by atoms with E-state index in [1.54, 1.807) is 35.9 Å². The van der Waals surface area contributed by atoms with Crippen molar-refractivity contribution in [3.63, 3.8) is 0 Å². The van der Waals surface area contributed by atoms with Gasteiger partial charge in [0.05, 0.1) is 11.3 Å². The van der Waals surface area contributed by atoms with E-state index in [0.29, 0.717) is 24.3 Å². The molecule has 4 rings (SSSR count). The number of fused-ring (bicyclic) bond motifs is 1. The van der Waals surface area contributed by atoms with Crippen LogP contribution in [0.4, 0.5) is 0 Å². The van der Waals surface area contributed by atoms with Crippen molar-refractivity contribution in [3.8, 4) is 0 Å². The van der Waals surface area contributed by atoms with E-state index in [9.17, 15) is 19.5 Å². The number of rotatable bonds is 8. The van der Waals surface area contributed by atoms with Crippen LogP contribution in [0.5, 0.6) is 0 Å². The van der Waals surface area contributed by atoms with Gasteiger partial charge in [0.15, 0.2) is 0 Å². The number of Topliss-reactive ketones (excluding diaryl/α,β-unsaturated/α-hetero) is 1. The Kier molecular flexibility index (Phi) is 5.91. The summed E-state index contributed by atoms with van der Waals surface area (Å²) in [4.78, 5) is 43.4. The smallest absolute Gasteiger partial charge is 0.352 e. The first-order valence-electron chi connectivity index (χ1n) is 9.33. The summed E-state index contributed by atoms with van der Waals surface area (Å²) in [6, 6.07) is 9.77. The molecule has 1 unspecified atom stereocenters. The van der Waals surface area contributed by atoms with E-state index in [1.165, 1.54) is 4.90 Å². The van der Waals surface area contributed by atoms with Gasteiger partial charge in [0.1, 0.15) is 11.5 Å². The standard InChI is InChI=1S/C21H20N2O4S2/c24-15(8-13-6-7-22-10-13)9-17-19(25)23-18(21(26)27)14(12-29-20(17)23)11-28-16-4-2-1-3-5-16/h1-5,7,10,17,20H,6,8-9,11-12H2,(H,26,27)/t17-,20?/m1/s1. The molecule has 1 aromatic carbocycles. The van der Waals surface area contributed by atoms with Crippen LogP contribution < -0.4 is 0 Å². The molecule has 1 aromatic rings. The monoisotopic (exact) mass is 428 g/mol. The van der Waals surface area contributed by atoms with Crippen LogP contribution in [0.3, 0.4) is 0 Å². The van der Waals surface area contributed by atoms with Gasteiger partial charge < -0.3 is 5.11 Å². The number of hydrogen-bond donors (Lipinski definition) is 1. The summed E-state index contributed by atoms with van der Waals surface area (Å²) in [7, 11) is 0. The van der Waals surface area contributed by atoms with E-state index in [4.69, 9.17) is 0 Å². The molecule has 1 amide bonds. The number of ketones is 1. The van der Waals surface area contributed by atoms with Crippen LogP contribution in [0.15, 0.2) is 63.3 Å². The molecular weight excluding hydrogens is 408 g/mol. The van der Waals surface area contributed by atoms with Crippen molar-refractivity contribution in [3.05, 3.63) is 53.4 Å². The number of allylic oxidation sites excluding steroid dienone is 1. The van der Waals surface area contributed by atoms with E-state index < -0.39 is 11.9 Å². The number of nitrogens with zero attached hydrogens (tertiary/aromatic N) is 2. The van der Waals surface area contributed by atoms with E-state index in [0.717, 1.165) is 16.0 Å². The maximum atomic E-state index is 12.7. The summed E-state index contributed by atoms with van der Waals surface area (Å²) in [5, 5.41) is 9.48. The molecule has 0 aromatic heterocycles. The van der Waals surface area contributed by atoms with Crippen molar-refractivity contribution in [1.29, 1.82) is 0 Å². The molecule has 3 aliphatic heterocycles. The summed E-state index contributed by atoms with van der Waals surface area (Å²) in [5.74, 6) is -0.691. The molecule has 0 radical (unpaired) electrons. The predicted octanol–water partition coefficient (Wildman–Crippen LogP) is 3.36. The van der Waals surface area contributed by atoms with Crippen molar-refractivity contribution in [2.24, 2.45) is 10.9 Å². The molecule has 8 heteroatoms. The predicted molar refractivity (Wildman–Crippen MR) is 114 cm³/mol. The van der Waals surface area contributed by atoms with Crippen LogP contribution in [-0.4, -0.2) is 50.8 Å². The van der Waals surface area contributed by atoms with Crippen molar-refractivity contribution >= 4 is 47.4 Å². The first-order chi connectivity index (χ1) is 14.0. The lowest BCUT2D eigenvalue weighted by molar-refractivity contribution is -0.153. The Morgan fingerprint density at radius 2 is 2.07 bits per heavy atom. The van der Waals surface area contributed by atoms with Gasteiger partial charge in [-0.25, -0.2) is 4.79 Å². The molecule has 150 valence electrons. The normalized spacial score (nSPS) is 23.0. The molecule has 3 heterocycles. The first kappa shape index (κ1) is 20.0. The number of aliphatic carboxylic acids is 1. The second kappa shape index (κ2) is 8.59. The van der Waals surface area contributed by atoms with Crippen LogP contribution in [-0.2, 0) is 14.4 Å². The topological polar surface area (TPSA) is 87.0 Å². The highest BCUT2D eigenvalue weighted by atomic mass is 32.2. The summed E-state index contributed by atoms with van der Waals surface area (Å²) < 4.78 is 0. The third-order valence-electron chi connectivity index (χ3n) is 5.10. The van der Waals surface area contributed by atoms with Crippen molar-refractivity contribution in [2.45, 2.75) is 29.5 Å². The summed E-state index contributed by atoms with van der Waals surface area (Å²) in [6.07, 6.45) is 4.61. The number of carboxylic acid groups (broad SMARTS) is 1. The third-order valence-corrected chi connectivity index (χ3v) is 7.60. The van der Waals surface area contributed by atoms with Gasteiger partial charge in [0, 0.05) is 48.1 Å². The molecule has 6 nitrogen and oxygen atoms in total. The Bertz CT molecular complexity index is 939. The molecule has 0 saturated carbocycles. The molecule has 0 bridgehead atoms.